The van der Waals surface area contributed by atoms with Crippen LogP contribution in [0.1, 0.15) is 29.8 Å². The van der Waals surface area contributed by atoms with Crippen LogP contribution in [-0.2, 0) is 11.3 Å². The molecular formula is C22H27N3O4. The highest BCUT2D eigenvalue weighted by Gasteiger charge is 2.32. The molecule has 2 aromatic carbocycles. The smallest absolute Gasteiger partial charge is 0.340 e. The number of carbonyl (C=O) groups is 1. The fraction of sp³-hybridized carbons (Fsp3) is 0.409. The largest absolute Gasteiger partial charge is 0.465 e. The van der Waals surface area contributed by atoms with Gasteiger partial charge in [-0.2, -0.15) is 0 Å². The summed E-state index contributed by atoms with van der Waals surface area (Å²) in [6, 6.07) is 15.0. The number of hydrogen-bond donors (Lipinski definition) is 0. The van der Waals surface area contributed by atoms with Crippen molar-refractivity contribution < 1.29 is 14.5 Å². The standard InChI is InChI=1S/C22H27N3O4/c1-16(2)21-15-23(14-17-7-5-4-6-8-17)11-12-24(21)20-10-9-18(25(27)28)13-19(20)22(26)29-3/h4-10,13,16,21H,11-12,14-15H2,1-3H3. The van der Waals surface area contributed by atoms with Gasteiger partial charge in [0, 0.05) is 44.4 Å². The lowest BCUT2D eigenvalue weighted by Gasteiger charge is -2.45. The first-order valence-electron chi connectivity index (χ1n) is 9.80. The molecule has 2 aromatic rings. The third kappa shape index (κ3) is 4.74. The minimum Gasteiger partial charge on any atom is -0.465 e. The Labute approximate surface area is 171 Å². The SMILES string of the molecule is COC(=O)c1cc([N+](=O)[O-])ccc1N1CCN(Cc2ccccc2)CC1C(C)C. The molecule has 7 heteroatoms. The fourth-order valence-electron chi connectivity index (χ4n) is 3.89. The van der Waals surface area contributed by atoms with Crippen molar-refractivity contribution in [1.29, 1.82) is 0 Å². The number of piperazine rings is 1. The molecule has 0 amide bonds. The molecule has 0 aliphatic carbocycles. The second kappa shape index (κ2) is 9.05. The number of nitro benzene ring substituents is 1. The summed E-state index contributed by atoms with van der Waals surface area (Å²) in [6.45, 7) is 7.62. The summed E-state index contributed by atoms with van der Waals surface area (Å²) in [4.78, 5) is 27.6. The Morgan fingerprint density at radius 3 is 2.55 bits per heavy atom. The van der Waals surface area contributed by atoms with Crippen LogP contribution in [0.5, 0.6) is 0 Å². The predicted octanol–water partition coefficient (Wildman–Crippen LogP) is 3.73. The van der Waals surface area contributed by atoms with Gasteiger partial charge in [0.1, 0.15) is 0 Å². The average molecular weight is 397 g/mol. The number of methoxy groups -OCH3 is 1. The molecule has 0 N–H and O–H groups in total. The van der Waals surface area contributed by atoms with Gasteiger partial charge in [0.2, 0.25) is 0 Å². The van der Waals surface area contributed by atoms with Crippen LogP contribution < -0.4 is 4.90 Å². The minimum atomic E-state index is -0.557. The summed E-state index contributed by atoms with van der Waals surface area (Å²) < 4.78 is 4.90. The molecule has 29 heavy (non-hydrogen) atoms. The van der Waals surface area contributed by atoms with Crippen molar-refractivity contribution in [2.75, 3.05) is 31.6 Å². The summed E-state index contributed by atoms with van der Waals surface area (Å²) in [5.41, 5.74) is 2.09. The lowest BCUT2D eigenvalue weighted by Crippen LogP contribution is -2.55. The first-order chi connectivity index (χ1) is 13.9. The van der Waals surface area contributed by atoms with E-state index in [-0.39, 0.29) is 17.3 Å². The topological polar surface area (TPSA) is 75.9 Å². The number of non-ortho nitro benzene ring substituents is 1. The second-order valence-corrected chi connectivity index (χ2v) is 7.68. The van der Waals surface area contributed by atoms with Gasteiger partial charge in [0.15, 0.2) is 0 Å². The molecule has 1 fully saturated rings. The van der Waals surface area contributed by atoms with Crippen molar-refractivity contribution in [3.8, 4) is 0 Å². The summed E-state index contributed by atoms with van der Waals surface area (Å²) >= 11 is 0. The summed E-state index contributed by atoms with van der Waals surface area (Å²) in [5, 5.41) is 11.2. The number of benzene rings is 2. The average Bonchev–Trinajstić information content (AvgIpc) is 2.73. The normalized spacial score (nSPS) is 17.4. The molecule has 1 heterocycles. The Balaban J connectivity index is 1.88. The Morgan fingerprint density at radius 1 is 1.21 bits per heavy atom. The first kappa shape index (κ1) is 20.8. The Bertz CT molecular complexity index is 870. The van der Waals surface area contributed by atoms with E-state index in [1.165, 1.54) is 24.8 Å². The first-order valence-corrected chi connectivity index (χ1v) is 9.80. The van der Waals surface area contributed by atoms with E-state index in [1.807, 2.05) is 18.2 Å². The summed E-state index contributed by atoms with van der Waals surface area (Å²) in [5.74, 6) is -0.216. The molecule has 0 radical (unpaired) electrons. The molecule has 154 valence electrons. The van der Waals surface area contributed by atoms with E-state index < -0.39 is 10.9 Å². The number of hydrogen-bond acceptors (Lipinski definition) is 6. The zero-order chi connectivity index (χ0) is 21.0. The van der Waals surface area contributed by atoms with Crippen LogP contribution in [0.25, 0.3) is 0 Å². The van der Waals surface area contributed by atoms with Crippen molar-refractivity contribution >= 4 is 17.3 Å². The summed E-state index contributed by atoms with van der Waals surface area (Å²) in [6.07, 6.45) is 0. The van der Waals surface area contributed by atoms with Gasteiger partial charge in [-0.05, 0) is 17.5 Å². The number of anilines is 1. The molecule has 0 saturated carbocycles. The lowest BCUT2D eigenvalue weighted by atomic mass is 9.97. The quantitative estimate of drug-likeness (QED) is 0.420. The van der Waals surface area contributed by atoms with Crippen LogP contribution >= 0.6 is 0 Å². The van der Waals surface area contributed by atoms with E-state index in [4.69, 9.17) is 4.74 Å². The maximum atomic E-state index is 12.4. The zero-order valence-electron chi connectivity index (χ0n) is 17.1. The molecule has 1 atom stereocenters. The van der Waals surface area contributed by atoms with Gasteiger partial charge < -0.3 is 9.64 Å². The maximum Gasteiger partial charge on any atom is 0.340 e. The number of nitro groups is 1. The minimum absolute atomic E-state index is 0.113. The van der Waals surface area contributed by atoms with E-state index in [0.29, 0.717) is 11.6 Å². The van der Waals surface area contributed by atoms with E-state index >= 15 is 0 Å². The Morgan fingerprint density at radius 2 is 1.93 bits per heavy atom. The highest BCUT2D eigenvalue weighted by atomic mass is 16.6. The molecule has 0 spiro atoms. The van der Waals surface area contributed by atoms with Gasteiger partial charge in [0.05, 0.1) is 23.3 Å². The lowest BCUT2D eigenvalue weighted by molar-refractivity contribution is -0.384. The van der Waals surface area contributed by atoms with Gasteiger partial charge in [0.25, 0.3) is 5.69 Å². The van der Waals surface area contributed by atoms with Crippen LogP contribution in [0, 0.1) is 16.0 Å². The number of rotatable bonds is 6. The van der Waals surface area contributed by atoms with Crippen LogP contribution in [0.4, 0.5) is 11.4 Å². The van der Waals surface area contributed by atoms with Crippen LogP contribution in [0.2, 0.25) is 0 Å². The van der Waals surface area contributed by atoms with E-state index in [0.717, 1.165) is 26.2 Å². The predicted molar refractivity (Wildman–Crippen MR) is 112 cm³/mol. The monoisotopic (exact) mass is 397 g/mol. The maximum absolute atomic E-state index is 12.4. The molecule has 3 rings (SSSR count). The third-order valence-electron chi connectivity index (χ3n) is 5.43. The van der Waals surface area contributed by atoms with E-state index in [9.17, 15) is 14.9 Å². The molecule has 7 nitrogen and oxygen atoms in total. The van der Waals surface area contributed by atoms with Crippen molar-refractivity contribution in [1.82, 2.24) is 4.90 Å². The summed E-state index contributed by atoms with van der Waals surface area (Å²) in [7, 11) is 1.29. The van der Waals surface area contributed by atoms with Crippen LogP contribution in [0.15, 0.2) is 48.5 Å². The Hall–Kier alpha value is -2.93. The zero-order valence-corrected chi connectivity index (χ0v) is 17.1. The molecule has 0 bridgehead atoms. The number of nitrogens with zero attached hydrogens (tertiary/aromatic N) is 3. The Kier molecular flexibility index (Phi) is 6.49. The van der Waals surface area contributed by atoms with E-state index in [2.05, 4.69) is 35.8 Å². The van der Waals surface area contributed by atoms with Gasteiger partial charge in [-0.1, -0.05) is 44.2 Å². The third-order valence-corrected chi connectivity index (χ3v) is 5.43. The van der Waals surface area contributed by atoms with Gasteiger partial charge >= 0.3 is 5.97 Å². The van der Waals surface area contributed by atoms with Gasteiger partial charge in [-0.15, -0.1) is 0 Å². The molecule has 0 aromatic heterocycles. The second-order valence-electron chi connectivity index (χ2n) is 7.68. The van der Waals surface area contributed by atoms with Crippen molar-refractivity contribution in [3.05, 3.63) is 69.8 Å². The van der Waals surface area contributed by atoms with Crippen LogP contribution in [-0.4, -0.2) is 48.6 Å². The molecular weight excluding hydrogens is 370 g/mol. The molecule has 1 aliphatic heterocycles. The van der Waals surface area contributed by atoms with Gasteiger partial charge in [-0.3, -0.25) is 15.0 Å². The molecule has 1 aliphatic rings. The van der Waals surface area contributed by atoms with Crippen molar-refractivity contribution in [2.45, 2.75) is 26.4 Å². The van der Waals surface area contributed by atoms with E-state index in [1.54, 1.807) is 6.07 Å². The highest BCUT2D eigenvalue weighted by Crippen LogP contribution is 2.31. The van der Waals surface area contributed by atoms with Gasteiger partial charge in [-0.25, -0.2) is 4.79 Å². The number of carbonyl (C=O) groups excluding carboxylic acids is 1. The molecule has 1 saturated heterocycles. The van der Waals surface area contributed by atoms with Crippen molar-refractivity contribution in [2.24, 2.45) is 5.92 Å². The highest BCUT2D eigenvalue weighted by molar-refractivity contribution is 5.96. The van der Waals surface area contributed by atoms with Crippen molar-refractivity contribution in [3.63, 3.8) is 0 Å². The van der Waals surface area contributed by atoms with Crippen LogP contribution in [0.3, 0.4) is 0 Å². The molecule has 1 unspecified atom stereocenters. The fourth-order valence-corrected chi connectivity index (χ4v) is 3.89. The number of ether oxygens (including phenoxy) is 1. The number of esters is 1.